The third kappa shape index (κ3) is 4.49. The molecular formula is C14H10Cl2F3N3O. The number of aliphatic imine (C=N–C) groups is 1. The Labute approximate surface area is 139 Å². The largest absolute Gasteiger partial charge is 0.437 e. The first-order chi connectivity index (χ1) is 10.8. The summed E-state index contributed by atoms with van der Waals surface area (Å²) in [6.07, 6.45) is -3.40. The molecule has 4 nitrogen and oxygen atoms in total. The Hall–Kier alpha value is -1.99. The summed E-state index contributed by atoms with van der Waals surface area (Å²) in [5, 5.41) is 0.0624. The van der Waals surface area contributed by atoms with E-state index in [2.05, 4.69) is 9.98 Å². The van der Waals surface area contributed by atoms with Gasteiger partial charge in [-0.15, -0.1) is 11.6 Å². The van der Waals surface area contributed by atoms with Gasteiger partial charge in [0.05, 0.1) is 16.6 Å². The molecule has 1 aromatic carbocycles. The number of hydrogen-bond donors (Lipinski definition) is 1. The Kier molecular flexibility index (Phi) is 5.33. The number of pyridine rings is 1. The quantitative estimate of drug-likeness (QED) is 0.483. The van der Waals surface area contributed by atoms with Crippen molar-refractivity contribution in [1.82, 2.24) is 4.98 Å². The molecule has 0 saturated carbocycles. The molecule has 122 valence electrons. The van der Waals surface area contributed by atoms with Gasteiger partial charge >= 0.3 is 6.18 Å². The van der Waals surface area contributed by atoms with E-state index in [1.165, 1.54) is 30.5 Å². The van der Waals surface area contributed by atoms with Gasteiger partial charge in [0.25, 0.3) is 0 Å². The number of nitrogens with two attached hydrogens (primary N) is 1. The zero-order chi connectivity index (χ0) is 17.0. The summed E-state index contributed by atoms with van der Waals surface area (Å²) in [5.74, 6) is -0.350. The molecule has 0 fully saturated rings. The Morgan fingerprint density at radius 1 is 1.30 bits per heavy atom. The van der Waals surface area contributed by atoms with Crippen LogP contribution in [0.15, 0.2) is 41.5 Å². The topological polar surface area (TPSA) is 60.5 Å². The van der Waals surface area contributed by atoms with Crippen molar-refractivity contribution in [3.05, 3.63) is 47.1 Å². The van der Waals surface area contributed by atoms with Crippen molar-refractivity contribution in [3.8, 4) is 11.6 Å². The lowest BCUT2D eigenvalue weighted by atomic mass is 10.2. The first kappa shape index (κ1) is 17.4. The van der Waals surface area contributed by atoms with E-state index in [1.54, 1.807) is 0 Å². The number of nitrogens with zero attached hydrogens (tertiary/aromatic N) is 2. The molecule has 0 spiro atoms. The average Bonchev–Trinajstić information content (AvgIpc) is 2.49. The first-order valence-electron chi connectivity index (χ1n) is 6.20. The van der Waals surface area contributed by atoms with Crippen molar-refractivity contribution in [1.29, 1.82) is 0 Å². The number of amidine groups is 1. The summed E-state index contributed by atoms with van der Waals surface area (Å²) in [5.41, 5.74) is 4.90. The van der Waals surface area contributed by atoms with Crippen molar-refractivity contribution < 1.29 is 17.9 Å². The molecule has 9 heteroatoms. The van der Waals surface area contributed by atoms with Gasteiger partial charge in [0.2, 0.25) is 5.88 Å². The minimum absolute atomic E-state index is 0.0132. The van der Waals surface area contributed by atoms with Crippen molar-refractivity contribution in [2.24, 2.45) is 10.7 Å². The Morgan fingerprint density at radius 2 is 2.04 bits per heavy atom. The van der Waals surface area contributed by atoms with Crippen molar-refractivity contribution >= 4 is 34.7 Å². The summed E-state index contributed by atoms with van der Waals surface area (Å²) in [4.78, 5) is 7.57. The molecule has 0 unspecified atom stereocenters. The van der Waals surface area contributed by atoms with Crippen LogP contribution in [0.3, 0.4) is 0 Å². The van der Waals surface area contributed by atoms with Crippen molar-refractivity contribution in [3.63, 3.8) is 0 Å². The summed E-state index contributed by atoms with van der Waals surface area (Å²) < 4.78 is 43.9. The lowest BCUT2D eigenvalue weighted by Crippen LogP contribution is -2.12. The maximum Gasteiger partial charge on any atom is 0.421 e. The molecule has 0 aliphatic carbocycles. The molecule has 0 radical (unpaired) electrons. The molecule has 2 aromatic rings. The van der Waals surface area contributed by atoms with E-state index >= 15 is 0 Å². The second-order valence-electron chi connectivity index (χ2n) is 4.31. The minimum atomic E-state index is -4.59. The van der Waals surface area contributed by atoms with Gasteiger partial charge in [-0.1, -0.05) is 11.6 Å². The summed E-state index contributed by atoms with van der Waals surface area (Å²) in [6.45, 7) is 0. The van der Waals surface area contributed by atoms with Gasteiger partial charge in [0.15, 0.2) is 0 Å². The molecule has 0 bridgehead atoms. The maximum atomic E-state index is 12.9. The van der Waals surface area contributed by atoms with Crippen molar-refractivity contribution in [2.45, 2.75) is 6.18 Å². The third-order valence-corrected chi connectivity index (χ3v) is 3.18. The van der Waals surface area contributed by atoms with Gasteiger partial charge in [0.1, 0.15) is 17.1 Å². The number of aromatic nitrogens is 1. The third-order valence-electron chi connectivity index (χ3n) is 2.61. The zero-order valence-electron chi connectivity index (χ0n) is 11.4. The molecule has 2 rings (SSSR count). The van der Waals surface area contributed by atoms with Crippen LogP contribution in [0.5, 0.6) is 11.6 Å². The molecule has 1 heterocycles. The SMILES string of the molecule is NC(CCl)=Nc1ccc(Oc2ncccc2C(F)(F)F)c(Cl)c1. The zero-order valence-corrected chi connectivity index (χ0v) is 13.0. The fraction of sp³-hybridized carbons (Fsp3) is 0.143. The number of halogens is 5. The normalized spacial score (nSPS) is 12.3. The van der Waals surface area contributed by atoms with Crippen LogP contribution in [-0.4, -0.2) is 16.7 Å². The van der Waals surface area contributed by atoms with Crippen LogP contribution < -0.4 is 10.5 Å². The van der Waals surface area contributed by atoms with E-state index in [9.17, 15) is 13.2 Å². The fourth-order valence-corrected chi connectivity index (χ4v) is 1.90. The predicted molar refractivity (Wildman–Crippen MR) is 82.8 cm³/mol. The lowest BCUT2D eigenvalue weighted by molar-refractivity contribution is -0.138. The number of rotatable bonds is 4. The van der Waals surface area contributed by atoms with Gasteiger partial charge < -0.3 is 10.5 Å². The van der Waals surface area contributed by atoms with Crippen LogP contribution in [-0.2, 0) is 6.18 Å². The number of alkyl halides is 4. The van der Waals surface area contributed by atoms with Crippen LogP contribution in [0.1, 0.15) is 5.56 Å². The number of benzene rings is 1. The Morgan fingerprint density at radius 3 is 2.65 bits per heavy atom. The second-order valence-corrected chi connectivity index (χ2v) is 4.98. The molecule has 23 heavy (non-hydrogen) atoms. The highest BCUT2D eigenvalue weighted by atomic mass is 35.5. The van der Waals surface area contributed by atoms with Gasteiger partial charge in [-0.25, -0.2) is 9.98 Å². The molecule has 0 aliphatic heterocycles. The van der Waals surface area contributed by atoms with E-state index in [0.29, 0.717) is 5.69 Å². The summed E-state index contributed by atoms with van der Waals surface area (Å²) in [6, 6.07) is 6.29. The average molecular weight is 364 g/mol. The van der Waals surface area contributed by atoms with Crippen molar-refractivity contribution in [2.75, 3.05) is 5.88 Å². The molecule has 1 aromatic heterocycles. The van der Waals surface area contributed by atoms with Crippen LogP contribution in [0.25, 0.3) is 0 Å². The second kappa shape index (κ2) is 7.06. The fourth-order valence-electron chi connectivity index (χ4n) is 1.63. The molecular weight excluding hydrogens is 354 g/mol. The molecule has 2 N–H and O–H groups in total. The van der Waals surface area contributed by atoms with E-state index in [4.69, 9.17) is 33.7 Å². The Bertz CT molecular complexity index is 735. The minimum Gasteiger partial charge on any atom is -0.437 e. The van der Waals surface area contributed by atoms with Gasteiger partial charge in [-0.2, -0.15) is 13.2 Å². The number of hydrogen-bond acceptors (Lipinski definition) is 3. The molecule has 0 amide bonds. The highest BCUT2D eigenvalue weighted by molar-refractivity contribution is 6.32. The van der Waals surface area contributed by atoms with Crippen LogP contribution in [0.4, 0.5) is 18.9 Å². The van der Waals surface area contributed by atoms with E-state index in [-0.39, 0.29) is 22.5 Å². The monoisotopic (exact) mass is 363 g/mol. The Balaban J connectivity index is 2.32. The number of ether oxygens (including phenoxy) is 1. The van der Waals surface area contributed by atoms with E-state index in [1.807, 2.05) is 0 Å². The van der Waals surface area contributed by atoms with Gasteiger partial charge in [0, 0.05) is 6.20 Å². The summed E-state index contributed by atoms with van der Waals surface area (Å²) in [7, 11) is 0. The van der Waals surface area contributed by atoms with Gasteiger partial charge in [-0.05, 0) is 30.3 Å². The van der Waals surface area contributed by atoms with Crippen LogP contribution in [0, 0.1) is 0 Å². The van der Waals surface area contributed by atoms with E-state index in [0.717, 1.165) is 6.07 Å². The first-order valence-corrected chi connectivity index (χ1v) is 7.11. The molecule has 0 atom stereocenters. The lowest BCUT2D eigenvalue weighted by Gasteiger charge is -2.13. The standard InChI is InChI=1S/C14H10Cl2F3N3O/c15-7-12(20)22-8-3-4-11(10(16)6-8)23-13-9(14(17,18)19)2-1-5-21-13/h1-6H,7H2,(H2,20,22). The molecule has 0 aliphatic rings. The van der Waals surface area contributed by atoms with Gasteiger partial charge in [-0.3, -0.25) is 0 Å². The van der Waals surface area contributed by atoms with Crippen LogP contribution in [0.2, 0.25) is 5.02 Å². The smallest absolute Gasteiger partial charge is 0.421 e. The summed E-state index contributed by atoms with van der Waals surface area (Å²) >= 11 is 11.5. The predicted octanol–water partition coefficient (Wildman–Crippen LogP) is 4.77. The van der Waals surface area contributed by atoms with Crippen LogP contribution >= 0.6 is 23.2 Å². The highest BCUT2D eigenvalue weighted by Gasteiger charge is 2.35. The molecule has 0 saturated heterocycles. The van der Waals surface area contributed by atoms with E-state index < -0.39 is 17.6 Å². The maximum absolute atomic E-state index is 12.9. The highest BCUT2D eigenvalue weighted by Crippen LogP contribution is 2.38.